The summed E-state index contributed by atoms with van der Waals surface area (Å²) in [5, 5.41) is 2.15. The van der Waals surface area contributed by atoms with E-state index in [1.807, 2.05) is 6.92 Å². The van der Waals surface area contributed by atoms with Crippen LogP contribution in [0.25, 0.3) is 5.57 Å². The van der Waals surface area contributed by atoms with E-state index < -0.39 is 11.9 Å². The number of amides is 4. The number of halogens is 1. The zero-order chi connectivity index (χ0) is 24.7. The molecule has 1 spiro atoms. The highest BCUT2D eigenvalue weighted by Gasteiger charge is 2.49. The van der Waals surface area contributed by atoms with Gasteiger partial charge in [0.2, 0.25) is 12.3 Å². The van der Waals surface area contributed by atoms with Gasteiger partial charge >= 0.3 is 0 Å². The Kier molecular flexibility index (Phi) is 5.75. The van der Waals surface area contributed by atoms with Crippen LogP contribution in [-0.2, 0) is 16.1 Å². The molecule has 1 aliphatic carbocycles. The largest absolute Gasteiger partial charge is 0.337 e. The van der Waals surface area contributed by atoms with E-state index in [0.717, 1.165) is 12.0 Å². The number of nitrogens with zero attached hydrogens (tertiary/aromatic N) is 2. The summed E-state index contributed by atoms with van der Waals surface area (Å²) in [4.78, 5) is 52.4. The van der Waals surface area contributed by atoms with Gasteiger partial charge in [0.05, 0.1) is 0 Å². The van der Waals surface area contributed by atoms with Gasteiger partial charge in [0.1, 0.15) is 11.9 Å². The molecule has 5 rings (SSSR count). The second-order valence-corrected chi connectivity index (χ2v) is 9.61. The van der Waals surface area contributed by atoms with Gasteiger partial charge in [0.15, 0.2) is 0 Å². The number of fused-ring (bicyclic) bond motifs is 1. The van der Waals surface area contributed by atoms with Crippen molar-refractivity contribution in [1.82, 2.24) is 15.1 Å². The normalized spacial score (nSPS) is 18.3. The summed E-state index contributed by atoms with van der Waals surface area (Å²) in [6.45, 7) is 3.39. The molecule has 4 amide bonds. The van der Waals surface area contributed by atoms with Gasteiger partial charge in [0.25, 0.3) is 11.8 Å². The number of carbonyl (C=O) groups is 4. The number of hydrogen-bond donors (Lipinski definition) is 1. The highest BCUT2D eigenvalue weighted by Crippen LogP contribution is 2.50. The van der Waals surface area contributed by atoms with Gasteiger partial charge in [-0.25, -0.2) is 4.39 Å². The van der Waals surface area contributed by atoms with E-state index in [9.17, 15) is 23.6 Å². The van der Waals surface area contributed by atoms with Crippen molar-refractivity contribution in [3.05, 3.63) is 76.6 Å². The molecule has 0 bridgehead atoms. The molecule has 0 saturated carbocycles. The van der Waals surface area contributed by atoms with Crippen LogP contribution >= 0.6 is 0 Å². The smallest absolute Gasteiger partial charge is 0.255 e. The second kappa shape index (κ2) is 8.76. The SMILES string of the molecule is CCCC(C(=O)NC=O)N1Cc2cc(C(=O)N3CC4(C=C(c5ccc(F)cc5)C4)C3)ccc2C1=O. The fraction of sp³-hybridized carbons (Fsp3) is 0.333. The van der Waals surface area contributed by atoms with E-state index in [-0.39, 0.29) is 29.6 Å². The summed E-state index contributed by atoms with van der Waals surface area (Å²) >= 11 is 0. The first-order chi connectivity index (χ1) is 16.8. The Bertz CT molecular complexity index is 1250. The fourth-order valence-electron chi connectivity index (χ4n) is 5.40. The number of nitrogens with one attached hydrogen (secondary N) is 1. The van der Waals surface area contributed by atoms with Crippen LogP contribution in [0.1, 0.15) is 58.0 Å². The number of rotatable bonds is 7. The molecule has 1 N–H and O–H groups in total. The van der Waals surface area contributed by atoms with Gasteiger partial charge in [-0.15, -0.1) is 0 Å². The third-order valence-corrected chi connectivity index (χ3v) is 7.16. The lowest BCUT2D eigenvalue weighted by Crippen LogP contribution is -2.60. The third-order valence-electron chi connectivity index (χ3n) is 7.16. The van der Waals surface area contributed by atoms with Gasteiger partial charge in [-0.3, -0.25) is 24.5 Å². The lowest BCUT2D eigenvalue weighted by molar-refractivity contribution is -0.129. The van der Waals surface area contributed by atoms with Gasteiger partial charge in [-0.05, 0) is 59.9 Å². The maximum Gasteiger partial charge on any atom is 0.255 e. The Morgan fingerprint density at radius 3 is 2.54 bits per heavy atom. The zero-order valence-electron chi connectivity index (χ0n) is 19.4. The van der Waals surface area contributed by atoms with Crippen molar-refractivity contribution in [3.8, 4) is 0 Å². The maximum atomic E-state index is 13.2. The summed E-state index contributed by atoms with van der Waals surface area (Å²) in [6, 6.07) is 10.8. The fourth-order valence-corrected chi connectivity index (χ4v) is 5.40. The summed E-state index contributed by atoms with van der Waals surface area (Å²) in [7, 11) is 0. The molecule has 0 aromatic heterocycles. The zero-order valence-corrected chi connectivity index (χ0v) is 19.4. The van der Waals surface area contributed by atoms with E-state index in [1.54, 1.807) is 35.2 Å². The molecule has 180 valence electrons. The summed E-state index contributed by atoms with van der Waals surface area (Å²) in [5.74, 6) is -1.11. The number of hydrogen-bond acceptors (Lipinski definition) is 4. The van der Waals surface area contributed by atoms with Crippen molar-refractivity contribution in [2.75, 3.05) is 13.1 Å². The highest BCUT2D eigenvalue weighted by molar-refractivity contribution is 6.04. The Labute approximate surface area is 202 Å². The monoisotopic (exact) mass is 475 g/mol. The maximum absolute atomic E-state index is 13.2. The van der Waals surface area contributed by atoms with Crippen LogP contribution in [0, 0.1) is 11.2 Å². The predicted molar refractivity (Wildman–Crippen MR) is 127 cm³/mol. The molecule has 1 saturated heterocycles. The van der Waals surface area contributed by atoms with Crippen molar-refractivity contribution >= 4 is 29.7 Å². The molecule has 2 aromatic carbocycles. The van der Waals surface area contributed by atoms with Crippen LogP contribution in [0.4, 0.5) is 4.39 Å². The molecule has 1 fully saturated rings. The average Bonchev–Trinajstić information content (AvgIpc) is 3.12. The van der Waals surface area contributed by atoms with Crippen LogP contribution in [0.5, 0.6) is 0 Å². The van der Waals surface area contributed by atoms with Crippen molar-refractivity contribution in [1.29, 1.82) is 0 Å². The number of allylic oxidation sites excluding steroid dienone is 1. The van der Waals surface area contributed by atoms with E-state index in [1.165, 1.54) is 22.6 Å². The molecule has 8 heteroatoms. The van der Waals surface area contributed by atoms with Crippen molar-refractivity contribution < 1.29 is 23.6 Å². The summed E-state index contributed by atoms with van der Waals surface area (Å²) in [6.07, 6.45) is 4.48. The van der Waals surface area contributed by atoms with E-state index in [4.69, 9.17) is 0 Å². The van der Waals surface area contributed by atoms with E-state index in [0.29, 0.717) is 49.0 Å². The van der Waals surface area contributed by atoms with Crippen LogP contribution in [0.15, 0.2) is 48.5 Å². The lowest BCUT2D eigenvalue weighted by Gasteiger charge is -2.54. The van der Waals surface area contributed by atoms with Crippen molar-refractivity contribution in [2.24, 2.45) is 5.41 Å². The van der Waals surface area contributed by atoms with Crippen molar-refractivity contribution in [3.63, 3.8) is 0 Å². The topological polar surface area (TPSA) is 86.8 Å². The van der Waals surface area contributed by atoms with Crippen LogP contribution in [0.3, 0.4) is 0 Å². The molecule has 35 heavy (non-hydrogen) atoms. The number of likely N-dealkylation sites (tertiary alicyclic amines) is 1. The van der Waals surface area contributed by atoms with Gasteiger partial charge in [0, 0.05) is 36.2 Å². The number of carbonyl (C=O) groups excluding carboxylic acids is 4. The molecule has 1 atom stereocenters. The Morgan fingerprint density at radius 2 is 1.89 bits per heavy atom. The van der Waals surface area contributed by atoms with Gasteiger partial charge in [-0.1, -0.05) is 31.6 Å². The minimum Gasteiger partial charge on any atom is -0.337 e. The third kappa shape index (κ3) is 4.03. The molecule has 3 aliphatic rings. The molecule has 1 unspecified atom stereocenters. The van der Waals surface area contributed by atoms with E-state index in [2.05, 4.69) is 11.4 Å². The Morgan fingerprint density at radius 1 is 1.17 bits per heavy atom. The lowest BCUT2D eigenvalue weighted by atomic mass is 9.64. The minimum atomic E-state index is -0.736. The standard InChI is InChI=1S/C27H26FN3O4/c1-2-3-23(24(33)29-16-32)31-13-19-10-18(6-9-22(19)26(31)35)25(34)30-14-27(15-30)11-20(12-27)17-4-7-21(28)8-5-17/h4-11,16,23H,2-3,12-15H2,1H3,(H,29,32,33). The molecule has 0 radical (unpaired) electrons. The molecular formula is C27H26FN3O4. The molecule has 7 nitrogen and oxygen atoms in total. The minimum absolute atomic E-state index is 0.0117. The number of benzene rings is 2. The second-order valence-electron chi connectivity index (χ2n) is 9.61. The first-order valence-electron chi connectivity index (χ1n) is 11.8. The average molecular weight is 476 g/mol. The van der Waals surface area contributed by atoms with Crippen LogP contribution in [-0.4, -0.2) is 53.1 Å². The quantitative estimate of drug-likeness (QED) is 0.624. The van der Waals surface area contributed by atoms with Gasteiger partial charge in [-0.2, -0.15) is 0 Å². The van der Waals surface area contributed by atoms with Crippen LogP contribution in [0.2, 0.25) is 0 Å². The predicted octanol–water partition coefficient (Wildman–Crippen LogP) is 3.15. The first-order valence-corrected chi connectivity index (χ1v) is 11.8. The Hall–Kier alpha value is -3.81. The summed E-state index contributed by atoms with van der Waals surface area (Å²) in [5.41, 5.74) is 3.87. The Balaban J connectivity index is 1.25. The molecular weight excluding hydrogens is 449 g/mol. The number of imide groups is 1. The van der Waals surface area contributed by atoms with E-state index >= 15 is 0 Å². The van der Waals surface area contributed by atoms with Gasteiger partial charge < -0.3 is 9.80 Å². The summed E-state index contributed by atoms with van der Waals surface area (Å²) < 4.78 is 13.2. The molecule has 2 aromatic rings. The molecule has 2 heterocycles. The first kappa shape index (κ1) is 23.0. The van der Waals surface area contributed by atoms with Crippen molar-refractivity contribution in [2.45, 2.75) is 38.8 Å². The van der Waals surface area contributed by atoms with Crippen LogP contribution < -0.4 is 5.32 Å². The molecule has 2 aliphatic heterocycles. The highest BCUT2D eigenvalue weighted by atomic mass is 19.1.